The molecule has 2 amide bonds. The van der Waals surface area contributed by atoms with Crippen LogP contribution < -0.4 is 5.32 Å². The van der Waals surface area contributed by atoms with Crippen LogP contribution in [0.2, 0.25) is 0 Å². The molecule has 0 radical (unpaired) electrons. The van der Waals surface area contributed by atoms with Crippen LogP contribution in [0.3, 0.4) is 0 Å². The first-order chi connectivity index (χ1) is 17.5. The van der Waals surface area contributed by atoms with Gasteiger partial charge in [0.2, 0.25) is 5.91 Å². The summed E-state index contributed by atoms with van der Waals surface area (Å²) in [6.07, 6.45) is 0.177. The first kappa shape index (κ1) is 30.1. The lowest BCUT2D eigenvalue weighted by atomic mass is 9.85. The van der Waals surface area contributed by atoms with Crippen molar-refractivity contribution in [2.24, 2.45) is 5.41 Å². The van der Waals surface area contributed by atoms with Crippen LogP contribution in [0.1, 0.15) is 49.4 Å². The third kappa shape index (κ3) is 6.76. The van der Waals surface area contributed by atoms with Crippen LogP contribution in [0.5, 0.6) is 0 Å². The van der Waals surface area contributed by atoms with Gasteiger partial charge < -0.3 is 29.5 Å². The predicted molar refractivity (Wildman–Crippen MR) is 136 cm³/mol. The van der Waals surface area contributed by atoms with Crippen molar-refractivity contribution >= 4 is 46.8 Å². The number of carbonyl (C=O) groups is 3. The van der Waals surface area contributed by atoms with Gasteiger partial charge in [-0.05, 0) is 42.3 Å². The van der Waals surface area contributed by atoms with Crippen molar-refractivity contribution in [3.63, 3.8) is 0 Å². The van der Waals surface area contributed by atoms with E-state index < -0.39 is 42.2 Å². The Hall–Kier alpha value is -2.44. The van der Waals surface area contributed by atoms with E-state index in [0.717, 1.165) is 23.5 Å². The molecule has 1 aromatic heterocycles. The number of thiophene rings is 1. The Kier molecular flexibility index (Phi) is 8.99. The number of carbonyl (C=O) groups excluding carboxylic acids is 3. The molecule has 0 saturated carbocycles. The lowest BCUT2D eigenvalue weighted by Gasteiger charge is -2.33. The molecule has 38 heavy (non-hydrogen) atoms. The number of esters is 1. The molecule has 2 atom stereocenters. The second-order valence-corrected chi connectivity index (χ2v) is 12.8. The first-order valence-corrected chi connectivity index (χ1v) is 14.3. The molecule has 2 heterocycles. The highest BCUT2D eigenvalue weighted by Gasteiger charge is 2.50. The predicted octanol–water partition coefficient (Wildman–Crippen LogP) is 3.45. The summed E-state index contributed by atoms with van der Waals surface area (Å²) in [6, 6.07) is 3.54. The van der Waals surface area contributed by atoms with Crippen LogP contribution in [0.4, 0.5) is 8.78 Å². The van der Waals surface area contributed by atoms with Crippen molar-refractivity contribution in [1.82, 2.24) is 10.2 Å². The molecule has 2 aromatic rings. The summed E-state index contributed by atoms with van der Waals surface area (Å²) in [5, 5.41) is 2.97. The molecule has 1 aromatic carbocycles. The van der Waals surface area contributed by atoms with Crippen LogP contribution in [0.25, 0.3) is 10.1 Å². The zero-order valence-corrected chi connectivity index (χ0v) is 23.1. The van der Waals surface area contributed by atoms with Gasteiger partial charge in [-0.1, -0.05) is 26.8 Å². The summed E-state index contributed by atoms with van der Waals surface area (Å²) >= 11 is 1.00. The molecule has 1 aliphatic rings. The topological polar surface area (TPSA) is 142 Å². The number of benzene rings is 1. The van der Waals surface area contributed by atoms with Crippen LogP contribution in [-0.4, -0.2) is 70.9 Å². The number of hydrogen-bond donors (Lipinski definition) is 3. The van der Waals surface area contributed by atoms with E-state index in [1.54, 1.807) is 32.6 Å². The van der Waals surface area contributed by atoms with Gasteiger partial charge >= 0.3 is 19.2 Å². The fourth-order valence-corrected chi connectivity index (χ4v) is 5.42. The van der Waals surface area contributed by atoms with E-state index in [-0.39, 0.29) is 42.0 Å². The zero-order chi connectivity index (χ0) is 28.5. The summed E-state index contributed by atoms with van der Waals surface area (Å²) in [5.41, 5.74) is -5.91. The van der Waals surface area contributed by atoms with E-state index in [4.69, 9.17) is 19.3 Å². The third-order valence-corrected chi connectivity index (χ3v) is 8.15. The molecule has 1 saturated heterocycles. The number of nitrogens with one attached hydrogen (secondary N) is 1. The lowest BCUT2D eigenvalue weighted by Crippen LogP contribution is -2.54. The van der Waals surface area contributed by atoms with Gasteiger partial charge in [0.25, 0.3) is 5.91 Å². The number of amides is 2. The van der Waals surface area contributed by atoms with E-state index in [9.17, 15) is 27.7 Å². The average molecular weight is 577 g/mol. The number of likely N-dealkylation sites (tertiary alicyclic amines) is 1. The molecule has 3 N–H and O–H groups in total. The Morgan fingerprint density at radius 2 is 1.92 bits per heavy atom. The number of halogens is 2. The van der Waals surface area contributed by atoms with Crippen molar-refractivity contribution in [2.75, 3.05) is 26.3 Å². The second-order valence-electron chi connectivity index (χ2n) is 10.0. The smallest absolute Gasteiger partial charge is 0.399 e. The second kappa shape index (κ2) is 11.4. The summed E-state index contributed by atoms with van der Waals surface area (Å²) in [7, 11) is -5.74. The molecule has 10 nitrogen and oxygen atoms in total. The van der Waals surface area contributed by atoms with Gasteiger partial charge in [0, 0.05) is 23.4 Å². The molecular formula is C24H31F2N2O8PS. The minimum absolute atomic E-state index is 0.149. The largest absolute Gasteiger partial charge is 0.464 e. The minimum atomic E-state index is -5.74. The highest BCUT2D eigenvalue weighted by Crippen LogP contribution is 2.59. The molecule has 0 aliphatic carbocycles. The average Bonchev–Trinajstić information content (AvgIpc) is 3.46. The van der Waals surface area contributed by atoms with Gasteiger partial charge in [-0.2, -0.15) is 8.78 Å². The fourth-order valence-electron chi connectivity index (χ4n) is 4.00. The number of alkyl halides is 2. The number of rotatable bonds is 9. The Balaban J connectivity index is 1.73. The van der Waals surface area contributed by atoms with E-state index in [1.165, 1.54) is 12.1 Å². The summed E-state index contributed by atoms with van der Waals surface area (Å²) in [4.78, 5) is 57.8. The van der Waals surface area contributed by atoms with Gasteiger partial charge in [0.15, 0.2) is 0 Å². The summed E-state index contributed by atoms with van der Waals surface area (Å²) < 4.78 is 50.3. The first-order valence-electron chi connectivity index (χ1n) is 11.9. The van der Waals surface area contributed by atoms with Crippen LogP contribution in [0.15, 0.2) is 24.3 Å². The van der Waals surface area contributed by atoms with Crippen LogP contribution in [0, 0.1) is 5.41 Å². The van der Waals surface area contributed by atoms with E-state index in [0.29, 0.717) is 17.7 Å². The Labute approximate surface area is 222 Å². The van der Waals surface area contributed by atoms with Gasteiger partial charge in [-0.3, -0.25) is 14.2 Å². The maximum atomic E-state index is 14.1. The Morgan fingerprint density at radius 1 is 1.24 bits per heavy atom. The molecular weight excluding hydrogens is 545 g/mol. The highest BCUT2D eigenvalue weighted by molar-refractivity contribution is 7.52. The van der Waals surface area contributed by atoms with E-state index in [1.807, 2.05) is 0 Å². The number of nitrogens with zero attached hydrogens (tertiary/aromatic N) is 1. The van der Waals surface area contributed by atoms with Crippen molar-refractivity contribution < 1.29 is 47.0 Å². The number of hydrogen-bond acceptors (Lipinski definition) is 7. The fraction of sp³-hybridized carbons (Fsp3) is 0.542. The Morgan fingerprint density at radius 3 is 2.53 bits per heavy atom. The maximum Gasteiger partial charge on any atom is 0.399 e. The molecule has 1 fully saturated rings. The van der Waals surface area contributed by atoms with Crippen molar-refractivity contribution in [3.8, 4) is 0 Å². The van der Waals surface area contributed by atoms with Gasteiger partial charge in [0.05, 0.1) is 17.6 Å². The van der Waals surface area contributed by atoms with Crippen molar-refractivity contribution in [2.45, 2.75) is 51.9 Å². The highest BCUT2D eigenvalue weighted by atomic mass is 32.1. The Bertz CT molecular complexity index is 1260. The molecule has 0 bridgehead atoms. The van der Waals surface area contributed by atoms with E-state index >= 15 is 0 Å². The SMILES string of the molecule is CCOC(=O)CO[C@@H]1CCN(C(=O)[C@@H](NC(=O)c2cc3cc(C(F)(F)P(=O)(O)O)ccc3s2)C(C)(C)C)C1. The molecule has 14 heteroatoms. The number of fused-ring (bicyclic) bond motifs is 1. The van der Waals surface area contributed by atoms with Gasteiger partial charge in [-0.15, -0.1) is 11.3 Å². The van der Waals surface area contributed by atoms with Crippen LogP contribution in [-0.2, 0) is 29.3 Å². The third-order valence-electron chi connectivity index (χ3n) is 6.04. The van der Waals surface area contributed by atoms with E-state index in [2.05, 4.69) is 5.32 Å². The maximum absolute atomic E-state index is 14.1. The number of ether oxygens (including phenoxy) is 2. The molecule has 210 valence electrons. The summed E-state index contributed by atoms with van der Waals surface area (Å²) in [6.45, 7) is 7.73. The molecule has 0 spiro atoms. The van der Waals surface area contributed by atoms with Gasteiger partial charge in [-0.25, -0.2) is 4.79 Å². The quantitative estimate of drug-likeness (QED) is 0.304. The van der Waals surface area contributed by atoms with Crippen molar-refractivity contribution in [3.05, 3.63) is 34.7 Å². The zero-order valence-electron chi connectivity index (χ0n) is 21.4. The minimum Gasteiger partial charge on any atom is -0.464 e. The van der Waals surface area contributed by atoms with Gasteiger partial charge in [0.1, 0.15) is 12.6 Å². The van der Waals surface area contributed by atoms with Crippen molar-refractivity contribution in [1.29, 1.82) is 0 Å². The molecule has 3 rings (SSSR count). The standard InChI is InChI=1S/C24H31F2N2O8PS/c1-5-35-19(29)13-36-16-8-9-28(12-16)22(31)20(23(2,3)4)27-21(30)18-11-14-10-15(6-7-17(14)38-18)24(25,26)37(32,33)34/h6-7,10-11,16,20H,5,8-9,12-13H2,1-4H3,(H,27,30)(H2,32,33,34)/t16-,20-/m1/s1. The normalized spacial score (nSPS) is 17.5. The monoisotopic (exact) mass is 576 g/mol. The van der Waals surface area contributed by atoms with Crippen LogP contribution >= 0.6 is 18.9 Å². The summed E-state index contributed by atoms with van der Waals surface area (Å²) in [5.74, 6) is -1.40. The molecule has 1 aliphatic heterocycles. The lowest BCUT2D eigenvalue weighted by molar-refractivity contribution is -0.150. The molecule has 0 unspecified atom stereocenters.